The molecule has 1 unspecified atom stereocenters. The van der Waals surface area contributed by atoms with Gasteiger partial charge in [0.25, 0.3) is 0 Å². The summed E-state index contributed by atoms with van der Waals surface area (Å²) in [7, 11) is 1.74. The number of carbonyl (C=O) groups is 1. The van der Waals surface area contributed by atoms with Crippen LogP contribution in [0.5, 0.6) is 0 Å². The first-order valence-corrected chi connectivity index (χ1v) is 10.7. The SMILES string of the molecule is CCC(=O)N1CCC(NC(=NC)NCc2ccc(-c3nc4ccccc4s3)o2)C1.I. The average Bonchev–Trinajstić information content (AvgIpc) is 3.49. The van der Waals surface area contributed by atoms with E-state index in [0.717, 1.165) is 46.3 Å². The molecule has 160 valence electrons. The van der Waals surface area contributed by atoms with Crippen LogP contribution in [0, 0.1) is 0 Å². The van der Waals surface area contributed by atoms with Crippen molar-refractivity contribution in [3.8, 4) is 10.8 Å². The number of fused-ring (bicyclic) bond motifs is 1. The number of rotatable bonds is 5. The normalized spacial score (nSPS) is 16.5. The van der Waals surface area contributed by atoms with Gasteiger partial charge in [-0.3, -0.25) is 9.79 Å². The molecule has 0 radical (unpaired) electrons. The second-order valence-electron chi connectivity index (χ2n) is 7.00. The van der Waals surface area contributed by atoms with Crippen molar-refractivity contribution in [2.24, 2.45) is 4.99 Å². The summed E-state index contributed by atoms with van der Waals surface area (Å²) in [4.78, 5) is 22.7. The number of aliphatic imine (C=N–C) groups is 1. The highest BCUT2D eigenvalue weighted by Gasteiger charge is 2.25. The largest absolute Gasteiger partial charge is 0.457 e. The first-order valence-electron chi connectivity index (χ1n) is 9.86. The zero-order chi connectivity index (χ0) is 20.2. The number of hydrogen-bond acceptors (Lipinski definition) is 5. The van der Waals surface area contributed by atoms with Gasteiger partial charge < -0.3 is 20.0 Å². The molecule has 1 saturated heterocycles. The standard InChI is InChI=1S/C21H25N5O2S.HI/c1-3-19(27)26-11-10-14(13-26)24-21(22-2)23-12-15-8-9-17(28-15)20-25-16-6-4-5-7-18(16)29-20;/h4-9,14H,3,10-13H2,1-2H3,(H2,22,23,24);1H. The molecule has 1 aliphatic heterocycles. The second kappa shape index (κ2) is 10.3. The van der Waals surface area contributed by atoms with E-state index in [9.17, 15) is 4.79 Å². The van der Waals surface area contributed by atoms with Crippen molar-refractivity contribution >= 4 is 57.4 Å². The monoisotopic (exact) mass is 539 g/mol. The third-order valence-electron chi connectivity index (χ3n) is 5.00. The van der Waals surface area contributed by atoms with E-state index in [-0.39, 0.29) is 35.9 Å². The lowest BCUT2D eigenvalue weighted by Crippen LogP contribution is -2.44. The van der Waals surface area contributed by atoms with Crippen LogP contribution in [0.2, 0.25) is 0 Å². The molecule has 1 atom stereocenters. The molecule has 2 aromatic heterocycles. The van der Waals surface area contributed by atoms with Crippen LogP contribution in [0.15, 0.2) is 45.8 Å². The molecule has 1 aliphatic rings. The van der Waals surface area contributed by atoms with E-state index in [0.29, 0.717) is 18.9 Å². The van der Waals surface area contributed by atoms with Crippen molar-refractivity contribution in [3.63, 3.8) is 0 Å². The Morgan fingerprint density at radius 1 is 1.33 bits per heavy atom. The molecule has 1 amide bonds. The van der Waals surface area contributed by atoms with E-state index in [1.807, 2.05) is 42.2 Å². The van der Waals surface area contributed by atoms with Gasteiger partial charge in [-0.1, -0.05) is 19.1 Å². The number of amides is 1. The first kappa shape index (κ1) is 22.5. The molecular weight excluding hydrogens is 513 g/mol. The third-order valence-corrected chi connectivity index (χ3v) is 6.06. The minimum absolute atomic E-state index is 0. The van der Waals surface area contributed by atoms with Crippen LogP contribution in [0.1, 0.15) is 25.5 Å². The van der Waals surface area contributed by atoms with E-state index in [1.54, 1.807) is 18.4 Å². The number of guanidine groups is 1. The summed E-state index contributed by atoms with van der Waals surface area (Å²) < 4.78 is 7.13. The molecule has 7 nitrogen and oxygen atoms in total. The van der Waals surface area contributed by atoms with Crippen molar-refractivity contribution in [1.82, 2.24) is 20.5 Å². The number of carbonyl (C=O) groups excluding carboxylic acids is 1. The summed E-state index contributed by atoms with van der Waals surface area (Å²) in [5, 5.41) is 7.56. The van der Waals surface area contributed by atoms with E-state index in [4.69, 9.17) is 4.42 Å². The number of hydrogen-bond donors (Lipinski definition) is 2. The molecule has 0 bridgehead atoms. The van der Waals surface area contributed by atoms with E-state index in [1.165, 1.54) is 0 Å². The van der Waals surface area contributed by atoms with Crippen molar-refractivity contribution in [2.75, 3.05) is 20.1 Å². The molecule has 30 heavy (non-hydrogen) atoms. The van der Waals surface area contributed by atoms with Gasteiger partial charge in [-0.2, -0.15) is 0 Å². The molecule has 0 aliphatic carbocycles. The minimum atomic E-state index is 0. The van der Waals surface area contributed by atoms with Crippen LogP contribution in [0.25, 0.3) is 21.0 Å². The number of benzene rings is 1. The summed E-state index contributed by atoms with van der Waals surface area (Å²) in [5.74, 6) is 2.50. The van der Waals surface area contributed by atoms with E-state index in [2.05, 4.69) is 26.7 Å². The molecule has 3 aromatic rings. The van der Waals surface area contributed by atoms with Crippen LogP contribution < -0.4 is 10.6 Å². The van der Waals surface area contributed by atoms with Gasteiger partial charge in [0, 0.05) is 32.6 Å². The smallest absolute Gasteiger partial charge is 0.222 e. The highest BCUT2D eigenvalue weighted by Crippen LogP contribution is 2.31. The number of halogens is 1. The third kappa shape index (κ3) is 5.12. The molecule has 1 fully saturated rings. The number of furan rings is 1. The zero-order valence-corrected chi connectivity index (χ0v) is 20.2. The summed E-state index contributed by atoms with van der Waals surface area (Å²) >= 11 is 1.62. The molecule has 9 heteroatoms. The number of nitrogens with zero attached hydrogens (tertiary/aromatic N) is 3. The van der Waals surface area contributed by atoms with Gasteiger partial charge in [0.1, 0.15) is 5.76 Å². The Morgan fingerprint density at radius 3 is 2.93 bits per heavy atom. The highest BCUT2D eigenvalue weighted by atomic mass is 127. The van der Waals surface area contributed by atoms with Gasteiger partial charge in [-0.25, -0.2) is 4.98 Å². The van der Waals surface area contributed by atoms with Gasteiger partial charge in [0.05, 0.1) is 16.8 Å². The molecule has 0 spiro atoms. The van der Waals surface area contributed by atoms with Crippen LogP contribution >= 0.6 is 35.3 Å². The maximum Gasteiger partial charge on any atom is 0.222 e. The molecule has 0 saturated carbocycles. The number of aromatic nitrogens is 1. The fraction of sp³-hybridized carbons (Fsp3) is 0.381. The van der Waals surface area contributed by atoms with Gasteiger partial charge in [0.15, 0.2) is 16.7 Å². The maximum atomic E-state index is 11.8. The summed E-state index contributed by atoms with van der Waals surface area (Å²) in [5.41, 5.74) is 0.986. The van der Waals surface area contributed by atoms with Crippen LogP contribution in [-0.2, 0) is 11.3 Å². The van der Waals surface area contributed by atoms with Crippen LogP contribution in [0.4, 0.5) is 0 Å². The predicted molar refractivity (Wildman–Crippen MR) is 131 cm³/mol. The topological polar surface area (TPSA) is 82.8 Å². The Bertz CT molecular complexity index is 998. The lowest BCUT2D eigenvalue weighted by atomic mass is 10.3. The van der Waals surface area contributed by atoms with Gasteiger partial charge in [0.2, 0.25) is 5.91 Å². The number of likely N-dealkylation sites (tertiary alicyclic amines) is 1. The molecule has 2 N–H and O–H groups in total. The van der Waals surface area contributed by atoms with Gasteiger partial charge in [-0.05, 0) is 30.7 Å². The molecule has 1 aromatic carbocycles. The van der Waals surface area contributed by atoms with Gasteiger partial charge in [-0.15, -0.1) is 35.3 Å². The summed E-state index contributed by atoms with van der Waals surface area (Å²) in [6.45, 7) is 3.94. The Hall–Kier alpha value is -2.14. The fourth-order valence-corrected chi connectivity index (χ4v) is 4.38. The molecule has 3 heterocycles. The number of thiazole rings is 1. The quantitative estimate of drug-likeness (QED) is 0.293. The Morgan fingerprint density at radius 2 is 2.17 bits per heavy atom. The van der Waals surface area contributed by atoms with Crippen molar-refractivity contribution in [2.45, 2.75) is 32.4 Å². The van der Waals surface area contributed by atoms with Crippen LogP contribution in [0.3, 0.4) is 0 Å². The van der Waals surface area contributed by atoms with Gasteiger partial charge >= 0.3 is 0 Å². The highest BCUT2D eigenvalue weighted by molar-refractivity contribution is 14.0. The number of para-hydroxylation sites is 1. The first-order chi connectivity index (χ1) is 14.2. The summed E-state index contributed by atoms with van der Waals surface area (Å²) in [6, 6.07) is 12.2. The Labute approximate surface area is 197 Å². The van der Waals surface area contributed by atoms with Crippen molar-refractivity contribution < 1.29 is 9.21 Å². The lowest BCUT2D eigenvalue weighted by Gasteiger charge is -2.18. The lowest BCUT2D eigenvalue weighted by molar-refractivity contribution is -0.129. The van der Waals surface area contributed by atoms with E-state index >= 15 is 0 Å². The second-order valence-corrected chi connectivity index (χ2v) is 8.03. The zero-order valence-electron chi connectivity index (χ0n) is 17.1. The summed E-state index contributed by atoms with van der Waals surface area (Å²) in [6.07, 6.45) is 1.48. The number of nitrogens with one attached hydrogen (secondary N) is 2. The van der Waals surface area contributed by atoms with Crippen LogP contribution in [-0.4, -0.2) is 47.9 Å². The predicted octanol–water partition coefficient (Wildman–Crippen LogP) is 3.85. The molecular formula is C21H26IN5O2S. The van der Waals surface area contributed by atoms with Crippen molar-refractivity contribution in [3.05, 3.63) is 42.2 Å². The maximum absolute atomic E-state index is 11.8. The average molecular weight is 539 g/mol. The Balaban J connectivity index is 0.00000256. The fourth-order valence-electron chi connectivity index (χ4n) is 3.45. The minimum Gasteiger partial charge on any atom is -0.457 e. The van der Waals surface area contributed by atoms with Crippen molar-refractivity contribution in [1.29, 1.82) is 0 Å². The Kier molecular flexibility index (Phi) is 7.70. The molecule has 4 rings (SSSR count). The van der Waals surface area contributed by atoms with E-state index < -0.39 is 0 Å².